The number of phosphoric ester groups is 1. The van der Waals surface area contributed by atoms with E-state index in [4.69, 9.17) is 24.3 Å². The first-order valence-electron chi connectivity index (χ1n) is 35.3. The fraction of sp³-hybridized carbons (Fsp3) is 0.914. The molecule has 0 radical (unpaired) electrons. The highest BCUT2D eigenvalue weighted by molar-refractivity contribution is 7.47. The summed E-state index contributed by atoms with van der Waals surface area (Å²) in [4.78, 5) is 35.3. The molecule has 0 amide bonds. The Morgan fingerprint density at radius 3 is 0.950 bits per heavy atom. The second-order valence-electron chi connectivity index (χ2n) is 24.1. The largest absolute Gasteiger partial charge is 0.472 e. The molecule has 0 saturated carbocycles. The maximum atomic E-state index is 12.8. The molecular weight excluding hydrogens is 1010 g/mol. The van der Waals surface area contributed by atoms with Crippen molar-refractivity contribution in [3.8, 4) is 0 Å². The van der Waals surface area contributed by atoms with Crippen LogP contribution in [0.5, 0.6) is 0 Å². The van der Waals surface area contributed by atoms with Gasteiger partial charge in [0.15, 0.2) is 6.10 Å². The highest BCUT2D eigenvalue weighted by Gasteiger charge is 2.26. The summed E-state index contributed by atoms with van der Waals surface area (Å²) in [6.07, 6.45) is 81.4. The van der Waals surface area contributed by atoms with Crippen LogP contribution in [0, 0.1) is 0 Å². The number of allylic oxidation sites excluding steroid dienone is 4. The molecule has 0 spiro atoms. The highest BCUT2D eigenvalue weighted by atomic mass is 31.2. The first-order valence-corrected chi connectivity index (χ1v) is 36.8. The van der Waals surface area contributed by atoms with Crippen molar-refractivity contribution < 1.29 is 37.6 Å². The lowest BCUT2D eigenvalue weighted by Gasteiger charge is -2.19. The van der Waals surface area contributed by atoms with Crippen LogP contribution in [0.4, 0.5) is 0 Å². The number of phosphoric acid groups is 1. The van der Waals surface area contributed by atoms with E-state index in [0.29, 0.717) is 6.42 Å². The van der Waals surface area contributed by atoms with Crippen LogP contribution in [0.3, 0.4) is 0 Å². The summed E-state index contributed by atoms with van der Waals surface area (Å²) in [6.45, 7) is 3.82. The lowest BCUT2D eigenvalue weighted by molar-refractivity contribution is -0.161. The number of ether oxygens (including phenoxy) is 2. The molecule has 0 aliphatic carbocycles. The van der Waals surface area contributed by atoms with Gasteiger partial charge in [-0.05, 0) is 44.9 Å². The molecule has 474 valence electrons. The summed E-state index contributed by atoms with van der Waals surface area (Å²) < 4.78 is 33.2. The lowest BCUT2D eigenvalue weighted by Crippen LogP contribution is -2.29. The molecule has 3 N–H and O–H groups in total. The fourth-order valence-electron chi connectivity index (χ4n) is 10.8. The van der Waals surface area contributed by atoms with Crippen LogP contribution in [-0.2, 0) is 32.7 Å². The quantitative estimate of drug-likeness (QED) is 0.0264. The number of hydrogen-bond donors (Lipinski definition) is 2. The molecule has 9 nitrogen and oxygen atoms in total. The summed E-state index contributed by atoms with van der Waals surface area (Å²) in [5.74, 6) is -0.801. The second kappa shape index (κ2) is 66.6. The molecule has 10 heteroatoms. The Labute approximate surface area is 497 Å². The first kappa shape index (κ1) is 78.5. The van der Waals surface area contributed by atoms with E-state index >= 15 is 0 Å². The Morgan fingerprint density at radius 1 is 0.375 bits per heavy atom. The summed E-state index contributed by atoms with van der Waals surface area (Å²) in [7, 11) is -4.39. The number of rotatable bonds is 68. The van der Waals surface area contributed by atoms with Gasteiger partial charge in [-0.2, -0.15) is 0 Å². The Hall–Kier alpha value is -1.51. The van der Waals surface area contributed by atoms with E-state index in [0.717, 1.165) is 38.5 Å². The molecule has 0 bridgehead atoms. The van der Waals surface area contributed by atoms with Crippen LogP contribution >= 0.6 is 7.82 Å². The monoisotopic (exact) mass is 1150 g/mol. The van der Waals surface area contributed by atoms with E-state index in [9.17, 15) is 19.0 Å². The molecule has 2 unspecified atom stereocenters. The number of nitrogens with two attached hydrogens (primary N) is 1. The number of carbonyl (C=O) groups excluding carboxylic acids is 2. The summed E-state index contributed by atoms with van der Waals surface area (Å²) in [5.41, 5.74) is 5.40. The van der Waals surface area contributed by atoms with Gasteiger partial charge in [0, 0.05) is 19.4 Å². The van der Waals surface area contributed by atoms with Crippen molar-refractivity contribution in [2.75, 3.05) is 26.4 Å². The van der Waals surface area contributed by atoms with Crippen molar-refractivity contribution in [3.05, 3.63) is 24.3 Å². The minimum atomic E-state index is -4.39. The van der Waals surface area contributed by atoms with Crippen LogP contribution in [0.25, 0.3) is 0 Å². The smallest absolute Gasteiger partial charge is 0.462 e. The average molecular weight is 1150 g/mol. The van der Waals surface area contributed by atoms with Gasteiger partial charge in [0.2, 0.25) is 0 Å². The predicted octanol–water partition coefficient (Wildman–Crippen LogP) is 22.9. The number of carbonyl (C=O) groups is 2. The first-order chi connectivity index (χ1) is 39.3. The van der Waals surface area contributed by atoms with Crippen LogP contribution in [0.1, 0.15) is 380 Å². The molecule has 0 rings (SSSR count). The third-order valence-corrected chi connectivity index (χ3v) is 17.1. The van der Waals surface area contributed by atoms with Crippen molar-refractivity contribution >= 4 is 19.8 Å². The standard InChI is InChI=1S/C70H136NO8P/c1-3-5-7-9-11-13-15-17-19-21-23-25-27-28-29-30-31-32-33-34-35-36-37-38-39-40-41-43-45-47-49-51-53-55-57-59-61-63-70(73)79-68(67-78-80(74,75)77-65-64-71)66-76-69(72)62-60-58-56-54-52-50-48-46-44-42-26-24-22-20-18-16-14-12-10-8-6-4-2/h15,17,21,23,68H,3-14,16,18-20,22,24-67,71H2,1-2H3,(H,74,75)/b17-15-,23-21-. The summed E-state index contributed by atoms with van der Waals surface area (Å²) in [5, 5.41) is 0. The van der Waals surface area contributed by atoms with Gasteiger partial charge in [0.1, 0.15) is 6.61 Å². The fourth-order valence-corrected chi connectivity index (χ4v) is 11.6. The zero-order valence-corrected chi connectivity index (χ0v) is 54.2. The summed E-state index contributed by atoms with van der Waals surface area (Å²) >= 11 is 0. The molecule has 0 heterocycles. The van der Waals surface area contributed by atoms with E-state index in [2.05, 4.69) is 38.2 Å². The molecule has 0 aliphatic heterocycles. The van der Waals surface area contributed by atoms with Gasteiger partial charge >= 0.3 is 19.8 Å². The van der Waals surface area contributed by atoms with Crippen molar-refractivity contribution in [2.24, 2.45) is 5.73 Å². The Kier molecular flexibility index (Phi) is 65.4. The zero-order valence-electron chi connectivity index (χ0n) is 53.3. The van der Waals surface area contributed by atoms with Crippen molar-refractivity contribution in [3.63, 3.8) is 0 Å². The molecule has 0 aliphatic rings. The number of unbranched alkanes of at least 4 members (excludes halogenated alkanes) is 51. The van der Waals surface area contributed by atoms with Gasteiger partial charge in [0.25, 0.3) is 0 Å². The molecule has 0 fully saturated rings. The molecule has 0 saturated heterocycles. The average Bonchev–Trinajstić information content (AvgIpc) is 3.45. The van der Waals surface area contributed by atoms with Crippen molar-refractivity contribution in [2.45, 2.75) is 386 Å². The van der Waals surface area contributed by atoms with Crippen molar-refractivity contribution in [1.82, 2.24) is 0 Å². The molecule has 0 aromatic carbocycles. The Balaban J connectivity index is 3.77. The topological polar surface area (TPSA) is 134 Å². The molecule has 80 heavy (non-hydrogen) atoms. The van der Waals surface area contributed by atoms with Crippen LogP contribution in [-0.4, -0.2) is 49.3 Å². The van der Waals surface area contributed by atoms with Crippen molar-refractivity contribution in [1.29, 1.82) is 0 Å². The van der Waals surface area contributed by atoms with Gasteiger partial charge in [-0.3, -0.25) is 18.6 Å². The van der Waals surface area contributed by atoms with Crippen LogP contribution in [0.15, 0.2) is 24.3 Å². The molecule has 0 aromatic heterocycles. The van der Waals surface area contributed by atoms with Crippen LogP contribution in [0.2, 0.25) is 0 Å². The third-order valence-electron chi connectivity index (χ3n) is 16.1. The number of hydrogen-bond acceptors (Lipinski definition) is 8. The van der Waals surface area contributed by atoms with E-state index in [1.807, 2.05) is 0 Å². The normalized spacial score (nSPS) is 13.0. The van der Waals surface area contributed by atoms with Gasteiger partial charge in [0.05, 0.1) is 13.2 Å². The predicted molar refractivity (Wildman–Crippen MR) is 344 cm³/mol. The third kappa shape index (κ3) is 65.6. The van der Waals surface area contributed by atoms with E-state index in [-0.39, 0.29) is 38.6 Å². The maximum Gasteiger partial charge on any atom is 0.472 e. The number of esters is 2. The molecular formula is C70H136NO8P. The van der Waals surface area contributed by atoms with Gasteiger partial charge in [-0.25, -0.2) is 4.57 Å². The van der Waals surface area contributed by atoms with Gasteiger partial charge in [-0.1, -0.05) is 346 Å². The zero-order chi connectivity index (χ0) is 58.0. The SMILES string of the molecule is CCCCCCC/C=C\C/C=C\CCCCCCCCCCCCCCCCCCCCCCCCCCCC(=O)OC(COC(=O)CCCCCCCCCCCCCCCCCCCCCCCC)COP(=O)(O)OCCN. The van der Waals surface area contributed by atoms with Crippen LogP contribution < -0.4 is 5.73 Å². The highest BCUT2D eigenvalue weighted by Crippen LogP contribution is 2.43. The molecule has 0 aromatic rings. The van der Waals surface area contributed by atoms with E-state index < -0.39 is 26.5 Å². The van der Waals surface area contributed by atoms with E-state index in [1.54, 1.807) is 0 Å². The maximum absolute atomic E-state index is 12.8. The minimum Gasteiger partial charge on any atom is -0.462 e. The Morgan fingerprint density at radius 2 is 0.650 bits per heavy atom. The second-order valence-corrected chi connectivity index (χ2v) is 25.6. The van der Waals surface area contributed by atoms with Gasteiger partial charge < -0.3 is 20.1 Å². The summed E-state index contributed by atoms with van der Waals surface area (Å²) in [6, 6.07) is 0. The molecule has 2 atom stereocenters. The Bertz CT molecular complexity index is 1360. The lowest BCUT2D eigenvalue weighted by atomic mass is 10.0. The van der Waals surface area contributed by atoms with Gasteiger partial charge in [-0.15, -0.1) is 0 Å². The van der Waals surface area contributed by atoms with E-state index in [1.165, 1.54) is 308 Å². The minimum absolute atomic E-state index is 0.0575.